The zero-order chi connectivity index (χ0) is 9.26. The van der Waals surface area contributed by atoms with Crippen LogP contribution in [0.2, 0.25) is 5.15 Å². The lowest BCUT2D eigenvalue weighted by molar-refractivity contribution is 1.21. The first kappa shape index (κ1) is 8.78. The third-order valence-corrected chi connectivity index (χ3v) is 2.82. The third kappa shape index (κ3) is 1.62. The molecular formula is C9H7ClN2S. The molecule has 1 aromatic heterocycles. The largest absolute Gasteiger partial charge is 0.236 e. The van der Waals surface area contributed by atoms with E-state index >= 15 is 0 Å². The monoisotopic (exact) mass is 210 g/mol. The van der Waals surface area contributed by atoms with Gasteiger partial charge < -0.3 is 0 Å². The molecule has 0 aliphatic rings. The Balaban J connectivity index is 2.72. The summed E-state index contributed by atoms with van der Waals surface area (Å²) in [5, 5.41) is 1.42. The molecule has 0 unspecified atom stereocenters. The Hall–Kier alpha value is -0.800. The molecule has 0 spiro atoms. The van der Waals surface area contributed by atoms with E-state index in [1.54, 1.807) is 11.8 Å². The number of fused-ring (bicyclic) bond motifs is 1. The lowest BCUT2D eigenvalue weighted by Crippen LogP contribution is -1.83. The van der Waals surface area contributed by atoms with Gasteiger partial charge in [0.05, 0.1) is 5.52 Å². The van der Waals surface area contributed by atoms with Gasteiger partial charge in [0, 0.05) is 10.3 Å². The quantitative estimate of drug-likeness (QED) is 0.535. The summed E-state index contributed by atoms with van der Waals surface area (Å²) in [6.07, 6.45) is 3.51. The van der Waals surface area contributed by atoms with Crippen molar-refractivity contribution in [3.05, 3.63) is 29.7 Å². The zero-order valence-electron chi connectivity index (χ0n) is 6.99. The van der Waals surface area contributed by atoms with Gasteiger partial charge in [0.2, 0.25) is 0 Å². The molecule has 0 aliphatic heterocycles. The molecule has 1 aromatic carbocycles. The zero-order valence-corrected chi connectivity index (χ0v) is 8.56. The minimum Gasteiger partial charge on any atom is -0.236 e. The van der Waals surface area contributed by atoms with Crippen molar-refractivity contribution in [2.75, 3.05) is 6.26 Å². The van der Waals surface area contributed by atoms with Crippen LogP contribution in [-0.2, 0) is 0 Å². The van der Waals surface area contributed by atoms with Gasteiger partial charge in [-0.2, -0.15) is 0 Å². The van der Waals surface area contributed by atoms with E-state index in [1.165, 1.54) is 11.2 Å². The normalized spacial score (nSPS) is 10.6. The highest BCUT2D eigenvalue weighted by atomic mass is 35.5. The van der Waals surface area contributed by atoms with Crippen LogP contribution in [0.4, 0.5) is 0 Å². The van der Waals surface area contributed by atoms with Gasteiger partial charge in [-0.25, -0.2) is 9.97 Å². The van der Waals surface area contributed by atoms with Crippen molar-refractivity contribution in [3.8, 4) is 0 Å². The first-order chi connectivity index (χ1) is 6.31. The number of halogens is 1. The second-order valence-corrected chi connectivity index (χ2v) is 3.79. The average Bonchev–Trinajstić information content (AvgIpc) is 2.18. The van der Waals surface area contributed by atoms with Crippen LogP contribution in [0.3, 0.4) is 0 Å². The van der Waals surface area contributed by atoms with Gasteiger partial charge in [0.1, 0.15) is 11.5 Å². The standard InChI is InChI=1S/C9H7ClN2S/c1-13-6-2-3-7-8(4-6)11-5-12-9(7)10/h2-5H,1H3. The summed E-state index contributed by atoms with van der Waals surface area (Å²) in [5.41, 5.74) is 0.895. The van der Waals surface area contributed by atoms with Crippen molar-refractivity contribution < 1.29 is 0 Å². The molecule has 0 saturated heterocycles. The fourth-order valence-electron chi connectivity index (χ4n) is 1.13. The van der Waals surface area contributed by atoms with Gasteiger partial charge in [0.15, 0.2) is 0 Å². The van der Waals surface area contributed by atoms with Gasteiger partial charge in [-0.3, -0.25) is 0 Å². The number of benzene rings is 1. The van der Waals surface area contributed by atoms with Crippen LogP contribution in [0.25, 0.3) is 10.9 Å². The second kappa shape index (κ2) is 3.52. The molecule has 13 heavy (non-hydrogen) atoms. The Morgan fingerprint density at radius 2 is 2.15 bits per heavy atom. The van der Waals surface area contributed by atoms with Crippen LogP contribution in [0.1, 0.15) is 0 Å². The van der Waals surface area contributed by atoms with Crippen molar-refractivity contribution in [1.82, 2.24) is 9.97 Å². The van der Waals surface area contributed by atoms with Crippen LogP contribution in [0, 0.1) is 0 Å². The molecular weight excluding hydrogens is 204 g/mol. The Bertz CT molecular complexity index is 445. The number of nitrogens with zero attached hydrogens (tertiary/aromatic N) is 2. The second-order valence-electron chi connectivity index (χ2n) is 2.55. The molecule has 2 nitrogen and oxygen atoms in total. The van der Waals surface area contributed by atoms with Crippen molar-refractivity contribution in [3.63, 3.8) is 0 Å². The molecule has 0 fully saturated rings. The maximum absolute atomic E-state index is 5.89. The highest BCUT2D eigenvalue weighted by Crippen LogP contribution is 2.23. The van der Waals surface area contributed by atoms with E-state index in [2.05, 4.69) is 9.97 Å². The Morgan fingerprint density at radius 1 is 1.31 bits per heavy atom. The first-order valence-corrected chi connectivity index (χ1v) is 5.36. The van der Waals surface area contributed by atoms with Gasteiger partial charge in [-0.1, -0.05) is 11.6 Å². The number of aromatic nitrogens is 2. The molecule has 0 saturated carbocycles. The van der Waals surface area contributed by atoms with E-state index in [4.69, 9.17) is 11.6 Å². The number of hydrogen-bond donors (Lipinski definition) is 0. The van der Waals surface area contributed by atoms with Crippen molar-refractivity contribution in [2.24, 2.45) is 0 Å². The molecule has 2 rings (SSSR count). The van der Waals surface area contributed by atoms with Crippen molar-refractivity contribution >= 4 is 34.3 Å². The van der Waals surface area contributed by atoms with Gasteiger partial charge >= 0.3 is 0 Å². The fourth-order valence-corrected chi connectivity index (χ4v) is 1.77. The highest BCUT2D eigenvalue weighted by molar-refractivity contribution is 7.98. The van der Waals surface area contributed by atoms with Gasteiger partial charge in [0.25, 0.3) is 0 Å². The van der Waals surface area contributed by atoms with E-state index < -0.39 is 0 Å². The predicted molar refractivity (Wildman–Crippen MR) is 56.3 cm³/mol. The van der Waals surface area contributed by atoms with Crippen LogP contribution < -0.4 is 0 Å². The molecule has 4 heteroatoms. The van der Waals surface area contributed by atoms with Crippen molar-refractivity contribution in [2.45, 2.75) is 4.90 Å². The fraction of sp³-hybridized carbons (Fsp3) is 0.111. The van der Waals surface area contributed by atoms with Crippen LogP contribution in [0.5, 0.6) is 0 Å². The summed E-state index contributed by atoms with van der Waals surface area (Å²) < 4.78 is 0. The Morgan fingerprint density at radius 3 is 2.92 bits per heavy atom. The molecule has 0 amide bonds. The maximum atomic E-state index is 5.89. The van der Waals surface area contributed by atoms with E-state index in [1.807, 2.05) is 24.5 Å². The predicted octanol–water partition coefficient (Wildman–Crippen LogP) is 3.01. The minimum absolute atomic E-state index is 0.512. The van der Waals surface area contributed by atoms with E-state index in [9.17, 15) is 0 Å². The summed E-state index contributed by atoms with van der Waals surface area (Å²) >= 11 is 7.58. The van der Waals surface area contributed by atoms with Crippen LogP contribution >= 0.6 is 23.4 Å². The van der Waals surface area contributed by atoms with E-state index in [-0.39, 0.29) is 0 Å². The molecule has 0 N–H and O–H groups in total. The summed E-state index contributed by atoms with van der Waals surface area (Å²) in [6, 6.07) is 5.97. The molecule has 0 atom stereocenters. The van der Waals surface area contributed by atoms with E-state index in [0.29, 0.717) is 5.15 Å². The smallest absolute Gasteiger partial charge is 0.140 e. The molecule has 2 aromatic rings. The Labute approximate surface area is 85.3 Å². The molecule has 0 aliphatic carbocycles. The van der Waals surface area contributed by atoms with Crippen LogP contribution in [0.15, 0.2) is 29.4 Å². The highest BCUT2D eigenvalue weighted by Gasteiger charge is 2.00. The maximum Gasteiger partial charge on any atom is 0.140 e. The van der Waals surface area contributed by atoms with Crippen LogP contribution in [-0.4, -0.2) is 16.2 Å². The molecule has 66 valence electrons. The lowest BCUT2D eigenvalue weighted by Gasteiger charge is -2.00. The molecule has 0 bridgehead atoms. The molecule has 1 heterocycles. The summed E-state index contributed by atoms with van der Waals surface area (Å²) in [4.78, 5) is 9.23. The van der Waals surface area contributed by atoms with Gasteiger partial charge in [-0.05, 0) is 24.5 Å². The van der Waals surface area contributed by atoms with Crippen molar-refractivity contribution in [1.29, 1.82) is 0 Å². The number of rotatable bonds is 1. The summed E-state index contributed by atoms with van der Waals surface area (Å²) in [6.45, 7) is 0. The topological polar surface area (TPSA) is 25.8 Å². The average molecular weight is 211 g/mol. The van der Waals surface area contributed by atoms with Gasteiger partial charge in [-0.15, -0.1) is 11.8 Å². The first-order valence-electron chi connectivity index (χ1n) is 3.75. The Kier molecular flexibility index (Phi) is 2.38. The number of thioether (sulfide) groups is 1. The third-order valence-electron chi connectivity index (χ3n) is 1.80. The van der Waals surface area contributed by atoms with E-state index in [0.717, 1.165) is 10.9 Å². The summed E-state index contributed by atoms with van der Waals surface area (Å²) in [5.74, 6) is 0. The number of hydrogen-bond acceptors (Lipinski definition) is 3. The summed E-state index contributed by atoms with van der Waals surface area (Å²) in [7, 11) is 0. The molecule has 0 radical (unpaired) electrons. The lowest BCUT2D eigenvalue weighted by atomic mass is 10.2. The SMILES string of the molecule is CSc1ccc2c(Cl)ncnc2c1. The minimum atomic E-state index is 0.512.